The minimum Gasteiger partial charge on any atom is -0.355 e. The van der Waals surface area contributed by atoms with E-state index in [0.717, 1.165) is 80.6 Å². The average Bonchev–Trinajstić information content (AvgIpc) is 3.82. The molecule has 53 heavy (non-hydrogen) atoms. The predicted molar refractivity (Wildman–Crippen MR) is 219 cm³/mol. The monoisotopic (exact) mass is 836 g/mol. The number of pyridine rings is 2. The second-order valence-corrected chi connectivity index (χ2v) is 16.0. The van der Waals surface area contributed by atoms with E-state index in [2.05, 4.69) is 128 Å². The lowest BCUT2D eigenvalue weighted by molar-refractivity contribution is 0.800. The summed E-state index contributed by atoms with van der Waals surface area (Å²) in [4.78, 5) is 31.7. The molecule has 0 spiro atoms. The zero-order valence-corrected chi connectivity index (χ0v) is 33.0. The van der Waals surface area contributed by atoms with E-state index in [1.165, 1.54) is 48.7 Å². The van der Waals surface area contributed by atoms with Crippen LogP contribution in [0.5, 0.6) is 0 Å². The van der Waals surface area contributed by atoms with Crippen molar-refractivity contribution in [2.75, 3.05) is 36.0 Å². The predicted octanol–water partition coefficient (Wildman–Crippen LogP) is 8.99. The van der Waals surface area contributed by atoms with E-state index in [1.54, 1.807) is 6.20 Å². The van der Waals surface area contributed by atoms with Crippen LogP contribution >= 0.6 is 31.9 Å². The largest absolute Gasteiger partial charge is 0.355 e. The number of anilines is 2. The zero-order chi connectivity index (χ0) is 35.9. The van der Waals surface area contributed by atoms with E-state index < -0.39 is 0 Å². The number of aromatic nitrogens is 8. The van der Waals surface area contributed by atoms with Gasteiger partial charge in [-0.05, 0) is 145 Å². The summed E-state index contributed by atoms with van der Waals surface area (Å²) in [7, 11) is 0. The number of fused-ring (bicyclic) bond motifs is 2. The maximum Gasteiger partial charge on any atom is 0.147 e. The highest BCUT2D eigenvalue weighted by Crippen LogP contribution is 2.46. The van der Waals surface area contributed by atoms with Crippen LogP contribution in [-0.4, -0.2) is 65.2 Å². The molecular weight excluding hydrogens is 792 g/mol. The maximum atomic E-state index is 4.80. The Morgan fingerprint density at radius 2 is 0.943 bits per heavy atom. The van der Waals surface area contributed by atoms with Gasteiger partial charge < -0.3 is 18.9 Å². The lowest BCUT2D eigenvalue weighted by Gasteiger charge is -2.18. The molecule has 4 aliphatic rings. The van der Waals surface area contributed by atoms with E-state index in [-0.39, 0.29) is 7.43 Å². The summed E-state index contributed by atoms with van der Waals surface area (Å²) in [6, 6.07) is 20.4. The normalized spacial score (nSPS) is 20.3. The number of hydrogen-bond acceptors (Lipinski definition) is 8. The molecule has 0 amide bonds. The van der Waals surface area contributed by atoms with Gasteiger partial charge in [0.05, 0.1) is 30.5 Å². The van der Waals surface area contributed by atoms with Gasteiger partial charge in [0.2, 0.25) is 0 Å². The molecule has 4 fully saturated rings. The lowest BCUT2D eigenvalue weighted by atomic mass is 10.2. The van der Waals surface area contributed by atoms with Gasteiger partial charge in [0.1, 0.15) is 38.2 Å². The van der Waals surface area contributed by atoms with E-state index in [9.17, 15) is 0 Å². The molecule has 2 aliphatic heterocycles. The van der Waals surface area contributed by atoms with Crippen molar-refractivity contribution in [1.29, 1.82) is 0 Å². The number of rotatable bonds is 5. The Hall–Kier alpha value is -4.42. The van der Waals surface area contributed by atoms with Gasteiger partial charge in [-0.3, -0.25) is 0 Å². The first-order valence-corrected chi connectivity index (χ1v) is 19.5. The molecule has 10 nitrogen and oxygen atoms in total. The van der Waals surface area contributed by atoms with Crippen LogP contribution in [0.1, 0.15) is 43.0 Å². The van der Waals surface area contributed by atoms with E-state index in [4.69, 9.17) is 4.98 Å². The minimum absolute atomic E-state index is 0. The SMILES string of the molecule is Brc1cnc(N2CC3CC3C2)cn1.C.Cc1ccc(C)n1-c1cccc(-c2cnc(N3CC4CC4C3)cn2)n1.Cc1ccc(C)n1-c1cccc(Br)n1. The smallest absolute Gasteiger partial charge is 0.147 e. The Morgan fingerprint density at radius 1 is 0.472 bits per heavy atom. The van der Waals surface area contributed by atoms with Crippen molar-refractivity contribution in [3.8, 4) is 23.0 Å². The standard InChI is InChI=1S/C20H21N5.C11H11BrN2.C9H10BrN3.CH4/c1-13-6-7-14(2)25(13)19-5-3-4-17(23-19)18-9-22-20(10-21-18)24-11-15-8-16(15)12-24;1-8-6-7-9(2)14(8)11-5-3-4-10(12)13-11;10-8-2-12-9(3-11-8)13-4-6-1-7(6)5-13;/h3-7,9-10,15-16H,8,11-12H2,1-2H3;3-7H,1-2H3;2-3,6-7H,1,4-5H2;1H4. The second kappa shape index (κ2) is 15.5. The highest BCUT2D eigenvalue weighted by Gasteiger charge is 2.46. The fourth-order valence-electron chi connectivity index (χ4n) is 7.53. The fraction of sp³-hybridized carbons (Fsp3) is 0.366. The van der Waals surface area contributed by atoms with Crippen molar-refractivity contribution in [2.45, 2.75) is 48.0 Å². The van der Waals surface area contributed by atoms with Crippen LogP contribution in [0.2, 0.25) is 0 Å². The molecule has 2 saturated heterocycles. The highest BCUT2D eigenvalue weighted by atomic mass is 79.9. The summed E-state index contributed by atoms with van der Waals surface area (Å²) >= 11 is 6.65. The molecule has 274 valence electrons. The first kappa shape index (κ1) is 36.9. The van der Waals surface area contributed by atoms with Crippen LogP contribution in [0, 0.1) is 51.4 Å². The van der Waals surface area contributed by atoms with Crippen molar-refractivity contribution in [2.24, 2.45) is 23.7 Å². The highest BCUT2D eigenvalue weighted by molar-refractivity contribution is 9.10. The number of aryl methyl sites for hydroxylation is 4. The Morgan fingerprint density at radius 3 is 1.40 bits per heavy atom. The van der Waals surface area contributed by atoms with Crippen molar-refractivity contribution in [3.63, 3.8) is 0 Å². The summed E-state index contributed by atoms with van der Waals surface area (Å²) in [5.41, 5.74) is 6.43. The molecule has 0 bridgehead atoms. The Labute approximate surface area is 329 Å². The molecule has 0 radical (unpaired) electrons. The third-order valence-corrected chi connectivity index (χ3v) is 11.4. The molecule has 4 atom stereocenters. The Balaban J connectivity index is 0.000000132. The van der Waals surface area contributed by atoms with Gasteiger partial charge in [-0.1, -0.05) is 19.6 Å². The number of hydrogen-bond donors (Lipinski definition) is 0. The van der Waals surface area contributed by atoms with Crippen LogP contribution in [0.15, 0.2) is 94.7 Å². The van der Waals surface area contributed by atoms with Gasteiger partial charge in [0.25, 0.3) is 0 Å². The molecule has 6 aromatic rings. The molecule has 10 rings (SSSR count). The molecule has 4 unspecified atom stereocenters. The lowest BCUT2D eigenvalue weighted by Crippen LogP contribution is -2.22. The molecule has 6 aromatic heterocycles. The first-order valence-electron chi connectivity index (χ1n) is 17.9. The molecule has 2 aliphatic carbocycles. The second-order valence-electron chi connectivity index (χ2n) is 14.4. The fourth-order valence-corrected chi connectivity index (χ4v) is 8.07. The third kappa shape index (κ3) is 8.23. The zero-order valence-electron chi connectivity index (χ0n) is 29.9. The van der Waals surface area contributed by atoms with Crippen molar-refractivity contribution < 1.29 is 0 Å². The number of halogens is 2. The summed E-state index contributed by atoms with van der Waals surface area (Å²) in [6.07, 6.45) is 10.2. The number of piperidine rings is 2. The van der Waals surface area contributed by atoms with E-state index in [0.29, 0.717) is 0 Å². The van der Waals surface area contributed by atoms with Crippen LogP contribution in [0.25, 0.3) is 23.0 Å². The number of nitrogens with zero attached hydrogens (tertiary/aromatic N) is 10. The van der Waals surface area contributed by atoms with Crippen molar-refractivity contribution in [1.82, 2.24) is 39.0 Å². The first-order chi connectivity index (χ1) is 25.2. The summed E-state index contributed by atoms with van der Waals surface area (Å²) in [5.74, 6) is 7.58. The average molecular weight is 839 g/mol. The summed E-state index contributed by atoms with van der Waals surface area (Å²) < 4.78 is 5.95. The topological polar surface area (TPSA) is 93.7 Å². The minimum atomic E-state index is 0. The summed E-state index contributed by atoms with van der Waals surface area (Å²) in [5, 5.41) is 0. The molecule has 2 saturated carbocycles. The van der Waals surface area contributed by atoms with Gasteiger partial charge in [-0.15, -0.1) is 0 Å². The van der Waals surface area contributed by atoms with Crippen LogP contribution < -0.4 is 9.80 Å². The van der Waals surface area contributed by atoms with Gasteiger partial charge in [0.15, 0.2) is 0 Å². The molecule has 0 N–H and O–H groups in total. The third-order valence-electron chi connectivity index (χ3n) is 10.5. The quantitative estimate of drug-likeness (QED) is 0.159. The molecular formula is C41H46Br2N10. The maximum absolute atomic E-state index is 4.80. The van der Waals surface area contributed by atoms with Crippen LogP contribution in [0.4, 0.5) is 11.6 Å². The molecule has 8 heterocycles. The van der Waals surface area contributed by atoms with Crippen molar-refractivity contribution in [3.05, 3.63) is 117 Å². The van der Waals surface area contributed by atoms with E-state index in [1.807, 2.05) is 55.0 Å². The van der Waals surface area contributed by atoms with Crippen molar-refractivity contribution >= 4 is 43.5 Å². The van der Waals surface area contributed by atoms with E-state index >= 15 is 0 Å². The van der Waals surface area contributed by atoms with Gasteiger partial charge in [-0.2, -0.15) is 0 Å². The van der Waals surface area contributed by atoms with Crippen LogP contribution in [0.3, 0.4) is 0 Å². The van der Waals surface area contributed by atoms with Crippen LogP contribution in [-0.2, 0) is 0 Å². The molecule has 0 aromatic carbocycles. The Bertz CT molecular complexity index is 2120. The Kier molecular flexibility index (Phi) is 10.8. The summed E-state index contributed by atoms with van der Waals surface area (Å²) in [6.45, 7) is 13.0. The van der Waals surface area contributed by atoms with Gasteiger partial charge in [-0.25, -0.2) is 29.9 Å². The van der Waals surface area contributed by atoms with Gasteiger partial charge >= 0.3 is 0 Å². The molecule has 12 heteroatoms. The van der Waals surface area contributed by atoms with Gasteiger partial charge in [0, 0.05) is 49.0 Å².